The molecule has 0 unspecified atom stereocenters. The van der Waals surface area contributed by atoms with Crippen LogP contribution >= 0.6 is 11.3 Å². The van der Waals surface area contributed by atoms with Crippen LogP contribution in [-0.2, 0) is 106 Å². The molecule has 4 N–H and O–H groups in total. The van der Waals surface area contributed by atoms with Crippen molar-refractivity contribution in [2.45, 2.75) is 68.9 Å². The Hall–Kier alpha value is -14.9. The van der Waals surface area contributed by atoms with Crippen LogP contribution in [-0.4, -0.2) is 77.2 Å². The van der Waals surface area contributed by atoms with Crippen molar-refractivity contribution in [2.24, 2.45) is 0 Å². The Labute approximate surface area is 888 Å². The molecule has 0 aliphatic carbocycles. The van der Waals surface area contributed by atoms with Gasteiger partial charge in [-0.05, 0) is 231 Å². The number of hydrogen-bond acceptors (Lipinski definition) is 14. The van der Waals surface area contributed by atoms with Crippen molar-refractivity contribution in [3.63, 3.8) is 0 Å². The van der Waals surface area contributed by atoms with Gasteiger partial charge >= 0.3 is 0 Å². The van der Waals surface area contributed by atoms with Gasteiger partial charge < -0.3 is 49.0 Å². The number of aliphatic hydroxyl groups excluding tert-OH is 4. The van der Waals surface area contributed by atoms with E-state index in [1.807, 2.05) is 67.0 Å². The molecule has 0 saturated heterocycles. The third kappa shape index (κ3) is 27.2. The van der Waals surface area contributed by atoms with E-state index >= 15 is 0 Å². The summed E-state index contributed by atoms with van der Waals surface area (Å²) in [6.45, 7) is 14.5. The number of hydrogen-bond donors (Lipinski definition) is 4. The van der Waals surface area contributed by atoms with E-state index in [1.54, 1.807) is 11.3 Å². The number of carbonyl (C=O) groups is 4. The summed E-state index contributed by atoms with van der Waals surface area (Å²) in [5.41, 5.74) is 21.9. The molecule has 15 aromatic carbocycles. The maximum Gasteiger partial charge on any atom is 0.155 e. The number of thiazole rings is 1. The number of ketones is 4. The van der Waals surface area contributed by atoms with Gasteiger partial charge in [0.1, 0.15) is 0 Å². The van der Waals surface area contributed by atoms with E-state index in [9.17, 15) is 19.2 Å². The zero-order chi connectivity index (χ0) is 97.4. The van der Waals surface area contributed by atoms with Gasteiger partial charge in [-0.25, -0.2) is 0 Å². The van der Waals surface area contributed by atoms with Gasteiger partial charge in [0.25, 0.3) is 0 Å². The van der Waals surface area contributed by atoms with Gasteiger partial charge in [0.2, 0.25) is 0 Å². The first-order valence-electron chi connectivity index (χ1n) is 45.3. The van der Waals surface area contributed by atoms with E-state index in [0.29, 0.717) is 0 Å². The number of anilines is 3. The fraction of sp³-hybridized carbons (Fsp3) is 0.0820. The number of aromatic nitrogens is 7. The average Bonchev–Trinajstić information content (AvgIpc) is 1.58. The molecule has 722 valence electrons. The van der Waals surface area contributed by atoms with Crippen LogP contribution in [0.25, 0.3) is 164 Å². The maximum absolute atomic E-state index is 10.0. The third-order valence-electron chi connectivity index (χ3n) is 22.3. The predicted molar refractivity (Wildman–Crippen MR) is 572 cm³/mol. The van der Waals surface area contributed by atoms with Gasteiger partial charge in [0, 0.05) is 183 Å². The zero-order valence-electron chi connectivity index (χ0n) is 79.6. The summed E-state index contributed by atoms with van der Waals surface area (Å²) in [6.07, 6.45) is 8.41. The Kier molecular flexibility index (Phi) is 39.4. The van der Waals surface area contributed by atoms with Crippen molar-refractivity contribution < 1.29 is 120 Å². The number of fused-ring (bicyclic) bond motifs is 13. The molecule has 7 heterocycles. The molecule has 0 aliphatic heterocycles. The fourth-order valence-corrected chi connectivity index (χ4v) is 17.6. The van der Waals surface area contributed by atoms with Gasteiger partial charge in [-0.2, -0.15) is 11.3 Å². The molecule has 21 heteroatoms. The van der Waals surface area contributed by atoms with E-state index < -0.39 is 0 Å². The van der Waals surface area contributed by atoms with Crippen molar-refractivity contribution in [3.05, 3.63) is 454 Å². The molecule has 0 bridgehead atoms. The molecule has 22 rings (SSSR count). The minimum Gasteiger partial charge on any atom is -0.512 e. The molecule has 0 spiro atoms. The standard InChI is InChI=1S/2C27H17N2.C27H19N2.C21H15N2S.4C5H8O2.4Ir/c1-4-10-24-19(7-1)15-18-25(28-24)20-13-16-21(17-14-20)29-26-11-5-2-8-22(26)23-9-3-6-12-27(23)29;1-2-9-21(10-3-1)29-25-13-7-6-12-23(25)24-18-20(14-15-26(24)29)27-22-11-5-4-8-19(22)16-17-28-27;1-3-10-23(11-4-1)29(24-12-5-2-6-13-24)25-17-15-22(16-18-25)27-26-14-8-7-9-21(26)19-20-28-27;1-2-23-18-9-5-3-7-15(18)16-13-14(11-12-19(16)23)21-22-17-8-4-6-10-20(17)24-21;4*1-4(6)3-5(2)7;;;;/h2*1-13,15-18H;1-15,17-20H;3-10,12-13H,2H2,1H3;4*3,6H,1-2H3;;;;/q4*-1;;;;;;;;. The summed E-state index contributed by atoms with van der Waals surface area (Å²) in [4.78, 5) is 61.2. The van der Waals surface area contributed by atoms with E-state index in [0.717, 1.165) is 112 Å². The number of nitrogens with zero attached hydrogens (tertiary/aromatic N) is 8. The fourth-order valence-electron chi connectivity index (χ4n) is 16.6. The monoisotopic (exact) mass is 2610 g/mol. The molecule has 0 saturated carbocycles. The zero-order valence-corrected chi connectivity index (χ0v) is 90.0. The molecular formula is C122H100Ir4N8O8S-4. The SMILES string of the molecule is CC(=O)C=C(C)O.CC(=O)C=C(C)O.CC(=O)C=C(C)O.CC(=O)C=C(C)O.CCn1c2c[c-]c(-c3nc4ccccc4s3)cc2c2ccccc21.[Ir].[Ir].[Ir].[Ir].[c-]1cc(-n2c3ccccc3c3ccccc32)ccc1-c1ccc2ccccc2n1.[c-]1cc(N(c2ccccc2)c2ccccc2)ccc1-c1nccc2ccccc12.[c-]1cc2c(cc1-c1nccc3ccccc13)c1ccccc1n2-c1ccccc1. The number of carbonyl (C=O) groups excluding carboxylic acids is 4. The molecule has 7 aromatic heterocycles. The first kappa shape index (κ1) is 108. The Morgan fingerprint density at radius 3 is 1.17 bits per heavy atom. The summed E-state index contributed by atoms with van der Waals surface area (Å²) in [5.74, 6) is -0.250. The molecule has 0 atom stereocenters. The van der Waals surface area contributed by atoms with Crippen LogP contribution in [0.15, 0.2) is 430 Å². The van der Waals surface area contributed by atoms with Crippen LogP contribution in [0.3, 0.4) is 0 Å². The van der Waals surface area contributed by atoms with E-state index in [1.165, 1.54) is 155 Å². The van der Waals surface area contributed by atoms with E-state index in [4.69, 9.17) is 35.4 Å². The van der Waals surface area contributed by atoms with E-state index in [2.05, 4.69) is 370 Å². The van der Waals surface area contributed by atoms with Crippen LogP contribution < -0.4 is 4.90 Å². The van der Waals surface area contributed by atoms with Crippen LogP contribution in [0, 0.1) is 24.3 Å². The average molecular weight is 2610 g/mol. The summed E-state index contributed by atoms with van der Waals surface area (Å²) < 4.78 is 8.18. The molecule has 0 aliphatic rings. The molecule has 16 nitrogen and oxygen atoms in total. The van der Waals surface area contributed by atoms with Crippen molar-refractivity contribution in [1.82, 2.24) is 33.6 Å². The van der Waals surface area contributed by atoms with Crippen molar-refractivity contribution in [3.8, 4) is 55.7 Å². The molecule has 0 amide bonds. The number of rotatable bonds is 14. The number of allylic oxidation sites excluding steroid dienone is 8. The van der Waals surface area contributed by atoms with Crippen LogP contribution in [0.4, 0.5) is 17.1 Å². The predicted octanol–water partition coefficient (Wildman–Crippen LogP) is 30.8. The Morgan fingerprint density at radius 2 is 0.699 bits per heavy atom. The minimum atomic E-state index is -0.125. The number of aryl methyl sites for hydroxylation is 1. The molecule has 22 aromatic rings. The molecule has 4 radical (unpaired) electrons. The van der Waals surface area contributed by atoms with Gasteiger partial charge in [0.15, 0.2) is 23.1 Å². The van der Waals surface area contributed by atoms with E-state index in [-0.39, 0.29) is 127 Å². The topological polar surface area (TPSA) is 219 Å². The van der Waals surface area contributed by atoms with Gasteiger partial charge in [0.05, 0.1) is 34.1 Å². The van der Waals surface area contributed by atoms with Crippen LogP contribution in [0.1, 0.15) is 62.3 Å². The number of benzene rings is 15. The second-order valence-electron chi connectivity index (χ2n) is 32.8. The summed E-state index contributed by atoms with van der Waals surface area (Å²) >= 11 is 1.73. The number of para-hydroxylation sites is 9. The van der Waals surface area contributed by atoms with Gasteiger partial charge in [-0.3, -0.25) is 29.1 Å². The molecular weight excluding hydrogens is 2510 g/mol. The second kappa shape index (κ2) is 52.0. The first-order valence-corrected chi connectivity index (χ1v) is 46.1. The molecule has 143 heavy (non-hydrogen) atoms. The largest absolute Gasteiger partial charge is 0.512 e. The second-order valence-corrected chi connectivity index (χ2v) is 33.8. The van der Waals surface area contributed by atoms with Crippen molar-refractivity contribution in [2.75, 3.05) is 4.90 Å². The van der Waals surface area contributed by atoms with Crippen LogP contribution in [0.5, 0.6) is 0 Å². The first-order chi connectivity index (χ1) is 67.5. The summed E-state index contributed by atoms with van der Waals surface area (Å²) in [7, 11) is 0. The maximum atomic E-state index is 10.0. The number of pyridine rings is 3. The third-order valence-corrected chi connectivity index (χ3v) is 23.3. The normalized spacial score (nSPS) is 11.0. The molecule has 0 fully saturated rings. The number of aliphatic hydroxyl groups is 4. The Morgan fingerprint density at radius 1 is 0.315 bits per heavy atom. The van der Waals surface area contributed by atoms with Crippen LogP contribution in [0.2, 0.25) is 0 Å². The van der Waals surface area contributed by atoms with Crippen molar-refractivity contribution in [1.29, 1.82) is 0 Å². The van der Waals surface area contributed by atoms with Gasteiger partial charge in [-0.15, -0.1) is 107 Å². The Bertz CT molecular complexity index is 8050. The minimum absolute atomic E-state index is 0. The smallest absolute Gasteiger partial charge is 0.155 e. The Balaban J connectivity index is 0.000000165. The summed E-state index contributed by atoms with van der Waals surface area (Å²) in [6, 6.07) is 142. The quantitative estimate of drug-likeness (QED) is 0.0453. The van der Waals surface area contributed by atoms with Gasteiger partial charge in [-0.1, -0.05) is 229 Å². The summed E-state index contributed by atoms with van der Waals surface area (Å²) in [5, 5.41) is 47.9. The van der Waals surface area contributed by atoms with Crippen molar-refractivity contribution >= 4 is 160 Å².